The van der Waals surface area contributed by atoms with Crippen molar-refractivity contribution in [2.45, 2.75) is 56.4 Å². The molecule has 2 aromatic heterocycles. The van der Waals surface area contributed by atoms with Gasteiger partial charge in [-0.2, -0.15) is 15.2 Å². The van der Waals surface area contributed by atoms with Crippen LogP contribution in [0.15, 0.2) is 36.0 Å². The van der Waals surface area contributed by atoms with Gasteiger partial charge in [0.25, 0.3) is 5.91 Å². The van der Waals surface area contributed by atoms with E-state index in [2.05, 4.69) is 22.4 Å². The molecule has 7 rings (SSSR count). The first-order valence-corrected chi connectivity index (χ1v) is 16.2. The summed E-state index contributed by atoms with van der Waals surface area (Å²) in [6, 6.07) is 7.51. The number of rotatable bonds is 7. The van der Waals surface area contributed by atoms with Crippen molar-refractivity contribution in [2.75, 3.05) is 55.7 Å². The van der Waals surface area contributed by atoms with Gasteiger partial charge in [0.2, 0.25) is 0 Å². The van der Waals surface area contributed by atoms with Crippen molar-refractivity contribution in [3.63, 3.8) is 0 Å². The molecule has 1 unspecified atom stereocenters. The fourth-order valence-electron chi connectivity index (χ4n) is 7.61. The lowest BCUT2D eigenvalue weighted by Crippen LogP contribution is -2.55. The topological polar surface area (TPSA) is 88.8 Å². The molecule has 236 valence electrons. The van der Waals surface area contributed by atoms with Crippen molar-refractivity contribution < 1.29 is 22.7 Å². The molecule has 0 saturated carbocycles. The highest BCUT2D eigenvalue weighted by Crippen LogP contribution is 2.41. The Balaban J connectivity index is 1.22. The fourth-order valence-corrected chi connectivity index (χ4v) is 8.44. The van der Waals surface area contributed by atoms with Crippen LogP contribution in [-0.2, 0) is 17.8 Å². The summed E-state index contributed by atoms with van der Waals surface area (Å²) >= 11 is 1.37. The number of ether oxygens (including phenoxy) is 1. The van der Waals surface area contributed by atoms with Crippen molar-refractivity contribution in [3.8, 4) is 12.1 Å². The molecule has 9 nitrogen and oxygen atoms in total. The Morgan fingerprint density at radius 3 is 2.89 bits per heavy atom. The van der Waals surface area contributed by atoms with Crippen LogP contribution in [0.3, 0.4) is 0 Å². The van der Waals surface area contributed by atoms with Crippen LogP contribution in [0.1, 0.15) is 36.9 Å². The predicted molar refractivity (Wildman–Crippen MR) is 165 cm³/mol. The summed E-state index contributed by atoms with van der Waals surface area (Å²) in [6.07, 6.45) is 1.97. The summed E-state index contributed by atoms with van der Waals surface area (Å²) in [5, 5.41) is 11.6. The summed E-state index contributed by atoms with van der Waals surface area (Å²) in [7, 11) is 0. The molecule has 0 aliphatic carbocycles. The van der Waals surface area contributed by atoms with E-state index in [0.29, 0.717) is 50.2 Å². The predicted octanol–water partition coefficient (Wildman–Crippen LogP) is 4.76. The standard InChI is InChI=1S/C32H34F3N7O2S/c1-20(33)30(43)42-13-12-40(16-22(42)6-9-36)29-23-7-11-39(26-4-2-5-27-28(26)24(35)18-45-27)17-25(23)37-31(38-29)44-19-32-8-3-10-41(32)15-21(34)14-32/h2,4-5,18,21-22H,1,3,6-8,10-17,19H2/t21-,22+,32?/m1/s1. The second-order valence-corrected chi connectivity index (χ2v) is 13.3. The third-order valence-corrected chi connectivity index (χ3v) is 10.6. The van der Waals surface area contributed by atoms with Crippen LogP contribution in [0.2, 0.25) is 0 Å². The molecule has 3 atom stereocenters. The van der Waals surface area contributed by atoms with E-state index < -0.39 is 23.9 Å². The highest BCUT2D eigenvalue weighted by molar-refractivity contribution is 7.17. The number of nitriles is 1. The first kappa shape index (κ1) is 29.8. The number of thiophene rings is 1. The van der Waals surface area contributed by atoms with Crippen molar-refractivity contribution in [1.82, 2.24) is 19.8 Å². The highest BCUT2D eigenvalue weighted by Gasteiger charge is 2.49. The number of fused-ring (bicyclic) bond motifs is 3. The minimum Gasteiger partial charge on any atom is -0.461 e. The number of alkyl halides is 1. The molecule has 3 aromatic rings. The number of piperazine rings is 1. The van der Waals surface area contributed by atoms with Crippen LogP contribution in [0, 0.1) is 17.1 Å². The zero-order valence-electron chi connectivity index (χ0n) is 24.9. The van der Waals surface area contributed by atoms with Gasteiger partial charge < -0.3 is 19.4 Å². The van der Waals surface area contributed by atoms with E-state index in [1.54, 1.807) is 0 Å². The maximum absolute atomic E-state index is 14.9. The molecule has 3 fully saturated rings. The van der Waals surface area contributed by atoms with Crippen LogP contribution in [0.25, 0.3) is 10.1 Å². The number of hydrogen-bond acceptors (Lipinski definition) is 9. The molecule has 0 radical (unpaired) electrons. The molecule has 45 heavy (non-hydrogen) atoms. The molecule has 0 spiro atoms. The van der Waals surface area contributed by atoms with E-state index in [4.69, 9.17) is 14.7 Å². The lowest BCUT2D eigenvalue weighted by Gasteiger charge is -2.42. The summed E-state index contributed by atoms with van der Waals surface area (Å²) in [4.78, 5) is 29.9. The van der Waals surface area contributed by atoms with Gasteiger partial charge in [-0.15, -0.1) is 11.3 Å². The third-order valence-electron chi connectivity index (χ3n) is 9.73. The Bertz CT molecular complexity index is 1690. The molecule has 13 heteroatoms. The van der Waals surface area contributed by atoms with Crippen molar-refractivity contribution in [3.05, 3.63) is 53.1 Å². The Morgan fingerprint density at radius 1 is 1.20 bits per heavy atom. The largest absolute Gasteiger partial charge is 0.461 e. The van der Waals surface area contributed by atoms with E-state index in [-0.39, 0.29) is 43.5 Å². The Labute approximate surface area is 263 Å². The number of amides is 1. The minimum absolute atomic E-state index is 0.0267. The van der Waals surface area contributed by atoms with Gasteiger partial charge >= 0.3 is 6.01 Å². The average Bonchev–Trinajstić information content (AvgIpc) is 3.70. The zero-order valence-corrected chi connectivity index (χ0v) is 25.7. The number of anilines is 2. The molecular formula is C32H34F3N7O2S. The molecule has 0 bridgehead atoms. The Hall–Kier alpha value is -3.89. The molecule has 3 saturated heterocycles. The Kier molecular flexibility index (Phi) is 7.81. The van der Waals surface area contributed by atoms with Gasteiger partial charge in [0.05, 0.1) is 41.7 Å². The number of aromatic nitrogens is 2. The maximum Gasteiger partial charge on any atom is 0.318 e. The lowest BCUT2D eigenvalue weighted by molar-refractivity contribution is -0.131. The zero-order chi connectivity index (χ0) is 31.3. The number of carbonyl (C=O) groups is 1. The van der Waals surface area contributed by atoms with Crippen LogP contribution in [0.5, 0.6) is 6.01 Å². The van der Waals surface area contributed by atoms with Crippen LogP contribution >= 0.6 is 11.3 Å². The van der Waals surface area contributed by atoms with Gasteiger partial charge in [-0.05, 0) is 37.9 Å². The number of halogens is 3. The first-order valence-electron chi connectivity index (χ1n) is 15.4. The smallest absolute Gasteiger partial charge is 0.318 e. The summed E-state index contributed by atoms with van der Waals surface area (Å²) in [5.41, 5.74) is 2.09. The average molecular weight is 638 g/mol. The van der Waals surface area contributed by atoms with Gasteiger partial charge in [-0.1, -0.05) is 12.6 Å². The van der Waals surface area contributed by atoms with Crippen molar-refractivity contribution >= 4 is 38.8 Å². The second-order valence-electron chi connectivity index (χ2n) is 12.4. The fraction of sp³-hybridized carbons (Fsp3) is 0.500. The van der Waals surface area contributed by atoms with E-state index in [1.807, 2.05) is 23.1 Å². The SMILES string of the molecule is C=C(F)C(=O)N1CCN(c2nc(OCC34CCCN3C[C@H](F)C4)nc3c2CCN(c2cccc4scc(F)c24)C3)C[C@@H]1CC#N. The molecule has 4 aliphatic rings. The second kappa shape index (κ2) is 11.8. The monoisotopic (exact) mass is 637 g/mol. The summed E-state index contributed by atoms with van der Waals surface area (Å²) in [6.45, 7) is 6.54. The normalized spacial score (nSPS) is 24.9. The molecular weight excluding hydrogens is 603 g/mol. The van der Waals surface area contributed by atoms with E-state index >= 15 is 0 Å². The van der Waals surface area contributed by atoms with E-state index in [9.17, 15) is 23.2 Å². The minimum atomic E-state index is -1.05. The van der Waals surface area contributed by atoms with Gasteiger partial charge in [-0.3, -0.25) is 9.69 Å². The molecule has 0 N–H and O–H groups in total. The maximum atomic E-state index is 14.9. The lowest BCUT2D eigenvalue weighted by atomic mass is 9.95. The third kappa shape index (κ3) is 5.37. The number of nitrogens with zero attached hydrogens (tertiary/aromatic N) is 7. The number of carbonyl (C=O) groups excluding carboxylic acids is 1. The summed E-state index contributed by atoms with van der Waals surface area (Å²) < 4.78 is 50.3. The van der Waals surface area contributed by atoms with Crippen LogP contribution in [0.4, 0.5) is 24.7 Å². The van der Waals surface area contributed by atoms with Gasteiger partial charge in [0, 0.05) is 60.5 Å². The summed E-state index contributed by atoms with van der Waals surface area (Å²) in [5.74, 6) is -1.46. The first-order chi connectivity index (χ1) is 21.8. The number of hydrogen-bond donors (Lipinski definition) is 0. The molecule has 6 heterocycles. The van der Waals surface area contributed by atoms with Crippen molar-refractivity contribution in [1.29, 1.82) is 5.26 Å². The van der Waals surface area contributed by atoms with Gasteiger partial charge in [-0.25, -0.2) is 13.2 Å². The Morgan fingerprint density at radius 2 is 2.07 bits per heavy atom. The van der Waals surface area contributed by atoms with Crippen LogP contribution in [-0.4, -0.2) is 89.3 Å². The number of benzene rings is 1. The molecule has 1 aromatic carbocycles. The molecule has 4 aliphatic heterocycles. The van der Waals surface area contributed by atoms with Gasteiger partial charge in [0.1, 0.15) is 24.4 Å². The highest BCUT2D eigenvalue weighted by atomic mass is 32.1. The molecule has 1 amide bonds. The van der Waals surface area contributed by atoms with Crippen LogP contribution < -0.4 is 14.5 Å². The quantitative estimate of drug-likeness (QED) is 0.343. The van der Waals surface area contributed by atoms with E-state index in [1.165, 1.54) is 21.6 Å². The van der Waals surface area contributed by atoms with Crippen molar-refractivity contribution in [2.24, 2.45) is 0 Å². The van der Waals surface area contributed by atoms with E-state index in [0.717, 1.165) is 41.0 Å². The van der Waals surface area contributed by atoms with Gasteiger partial charge in [0.15, 0.2) is 5.83 Å².